The van der Waals surface area contributed by atoms with Gasteiger partial charge in [-0.3, -0.25) is 0 Å². The predicted octanol–water partition coefficient (Wildman–Crippen LogP) is -0.564. The molecule has 6 heavy (non-hydrogen) atoms. The third kappa shape index (κ3) is 3.47. The highest BCUT2D eigenvalue weighted by Crippen LogP contribution is 1.73. The molecule has 2 nitrogen and oxygen atoms in total. The van der Waals surface area contributed by atoms with Crippen LogP contribution in [0.25, 0.3) is 0 Å². The van der Waals surface area contributed by atoms with Crippen LogP contribution in [0.4, 0.5) is 0 Å². The Morgan fingerprint density at radius 3 is 2.67 bits per heavy atom. The lowest BCUT2D eigenvalue weighted by Crippen LogP contribution is -2.60. The minimum atomic E-state index is 0.865. The summed E-state index contributed by atoms with van der Waals surface area (Å²) in [5.41, 5.74) is 0. The lowest BCUT2D eigenvalue weighted by Gasteiger charge is -1.76. The van der Waals surface area contributed by atoms with E-state index in [1.807, 2.05) is 6.92 Å². The summed E-state index contributed by atoms with van der Waals surface area (Å²) in [5, 5.41) is 11.1. The molecule has 0 aliphatic carbocycles. The first-order chi connectivity index (χ1) is 2.91. The standard InChI is InChI=1S/C4H9NO/c1-2-3-4-5-6/h4-5H,2-3H2,1H3. The third-order valence-electron chi connectivity index (χ3n) is 0.516. The number of rotatable bonds is 2. The average molecular weight is 87.1 g/mol. The summed E-state index contributed by atoms with van der Waals surface area (Å²) in [7, 11) is 0. The number of nitrogens with one attached hydrogen (secondary N) is 1. The second-order valence-corrected chi connectivity index (χ2v) is 1.11. The highest BCUT2D eigenvalue weighted by Gasteiger charge is 1.70. The molecule has 0 rings (SSSR count). The second kappa shape index (κ2) is 4.47. The monoisotopic (exact) mass is 87.1 g/mol. The highest BCUT2D eigenvalue weighted by molar-refractivity contribution is 5.49. The molecular weight excluding hydrogens is 78.0 g/mol. The van der Waals surface area contributed by atoms with Crippen molar-refractivity contribution in [2.24, 2.45) is 0 Å². The molecule has 0 saturated heterocycles. The minimum absolute atomic E-state index is 0.865. The van der Waals surface area contributed by atoms with Gasteiger partial charge in [-0.1, -0.05) is 6.92 Å². The molecule has 0 aliphatic heterocycles. The molecule has 1 N–H and O–H groups in total. The summed E-state index contributed by atoms with van der Waals surface area (Å²) in [6.07, 6.45) is 3.40. The van der Waals surface area contributed by atoms with Gasteiger partial charge in [0.2, 0.25) is 0 Å². The fourth-order valence-corrected chi connectivity index (χ4v) is 0.203. The van der Waals surface area contributed by atoms with E-state index in [-0.39, 0.29) is 0 Å². The van der Waals surface area contributed by atoms with E-state index in [1.54, 1.807) is 5.16 Å². The summed E-state index contributed by atoms with van der Waals surface area (Å²) in [5.74, 6) is 0. The Bertz CT molecular complexity index is 42.8. The summed E-state index contributed by atoms with van der Waals surface area (Å²) < 4.78 is 0. The SMILES string of the molecule is CCCC=[NH+][O-]. The van der Waals surface area contributed by atoms with Gasteiger partial charge in [0.15, 0.2) is 0 Å². The summed E-state index contributed by atoms with van der Waals surface area (Å²) >= 11 is 0. The number of hydrogen-bond donors (Lipinski definition) is 1. The molecule has 0 aromatic rings. The van der Waals surface area contributed by atoms with E-state index in [0.29, 0.717) is 0 Å². The molecule has 36 valence electrons. The van der Waals surface area contributed by atoms with Gasteiger partial charge in [-0.05, 0) is 6.42 Å². The molecule has 0 fully saturated rings. The molecule has 0 radical (unpaired) electrons. The molecule has 2 heteroatoms. The van der Waals surface area contributed by atoms with Crippen LogP contribution >= 0.6 is 0 Å². The largest absolute Gasteiger partial charge is 0.626 e. The van der Waals surface area contributed by atoms with Gasteiger partial charge >= 0.3 is 0 Å². The van der Waals surface area contributed by atoms with Crippen LogP contribution < -0.4 is 5.16 Å². The fraction of sp³-hybridized carbons (Fsp3) is 0.750. The number of hydrogen-bond acceptors (Lipinski definition) is 1. The zero-order chi connectivity index (χ0) is 4.83. The Labute approximate surface area is 37.5 Å². The van der Waals surface area contributed by atoms with E-state index >= 15 is 0 Å². The zero-order valence-electron chi connectivity index (χ0n) is 3.90. The Hall–Kier alpha value is -0.530. The highest BCUT2D eigenvalue weighted by atomic mass is 16.4. The van der Waals surface area contributed by atoms with Crippen LogP contribution in [0.15, 0.2) is 0 Å². The van der Waals surface area contributed by atoms with Crippen LogP contribution in [0.5, 0.6) is 0 Å². The van der Waals surface area contributed by atoms with Gasteiger partial charge < -0.3 is 5.21 Å². The maximum absolute atomic E-state index is 9.38. The molecule has 0 unspecified atom stereocenters. The van der Waals surface area contributed by atoms with Crippen molar-refractivity contribution in [1.29, 1.82) is 0 Å². The Balaban J connectivity index is 2.66. The topological polar surface area (TPSA) is 37.0 Å². The molecule has 0 aromatic heterocycles. The van der Waals surface area contributed by atoms with E-state index in [4.69, 9.17) is 0 Å². The lowest BCUT2D eigenvalue weighted by atomic mass is 10.4. The lowest BCUT2D eigenvalue weighted by molar-refractivity contribution is -0.368. The van der Waals surface area contributed by atoms with Crippen LogP contribution in [0.1, 0.15) is 19.8 Å². The molecule has 0 spiro atoms. The van der Waals surface area contributed by atoms with Crippen LogP contribution in [0.2, 0.25) is 0 Å². The maximum Gasteiger partial charge on any atom is 0.148 e. The smallest absolute Gasteiger partial charge is 0.148 e. The molecule has 0 aliphatic rings. The Morgan fingerprint density at radius 1 is 1.83 bits per heavy atom. The summed E-state index contributed by atoms with van der Waals surface area (Å²) in [4.78, 5) is 0. The normalized spacial score (nSPS) is 10.2. The average Bonchev–Trinajstić information content (AvgIpc) is 1.61. The molecule has 0 aromatic carbocycles. The molecule has 0 atom stereocenters. The van der Waals surface area contributed by atoms with Gasteiger partial charge in [0.25, 0.3) is 0 Å². The Kier molecular flexibility index (Phi) is 4.08. The first kappa shape index (κ1) is 5.47. The van der Waals surface area contributed by atoms with Crippen molar-refractivity contribution >= 4 is 6.21 Å². The molecule has 0 heterocycles. The van der Waals surface area contributed by atoms with Gasteiger partial charge in [-0.15, -0.1) is 0 Å². The van der Waals surface area contributed by atoms with Crippen molar-refractivity contribution in [3.8, 4) is 0 Å². The van der Waals surface area contributed by atoms with Gasteiger partial charge in [0.05, 0.1) is 0 Å². The van der Waals surface area contributed by atoms with Crippen molar-refractivity contribution in [1.82, 2.24) is 0 Å². The van der Waals surface area contributed by atoms with E-state index in [2.05, 4.69) is 0 Å². The van der Waals surface area contributed by atoms with Crippen LogP contribution in [0.3, 0.4) is 0 Å². The third-order valence-corrected chi connectivity index (χ3v) is 0.516. The predicted molar refractivity (Wildman–Crippen MR) is 25.3 cm³/mol. The van der Waals surface area contributed by atoms with Crippen molar-refractivity contribution in [3.05, 3.63) is 5.21 Å². The molecule has 0 bridgehead atoms. The van der Waals surface area contributed by atoms with E-state index in [9.17, 15) is 5.21 Å². The first-order valence-electron chi connectivity index (χ1n) is 2.11. The van der Waals surface area contributed by atoms with Crippen molar-refractivity contribution in [2.75, 3.05) is 0 Å². The second-order valence-electron chi connectivity index (χ2n) is 1.11. The molecular formula is C4H9NO. The van der Waals surface area contributed by atoms with E-state index in [0.717, 1.165) is 12.8 Å². The van der Waals surface area contributed by atoms with E-state index < -0.39 is 0 Å². The van der Waals surface area contributed by atoms with Gasteiger partial charge in [-0.25, -0.2) is 5.16 Å². The van der Waals surface area contributed by atoms with Crippen LogP contribution in [0, 0.1) is 5.21 Å². The summed E-state index contributed by atoms with van der Waals surface area (Å²) in [6, 6.07) is 0. The Morgan fingerprint density at radius 2 is 2.50 bits per heavy atom. The van der Waals surface area contributed by atoms with Crippen molar-refractivity contribution in [2.45, 2.75) is 19.8 Å². The molecule has 0 saturated carbocycles. The van der Waals surface area contributed by atoms with Crippen LogP contribution in [-0.2, 0) is 0 Å². The van der Waals surface area contributed by atoms with Gasteiger partial charge in [-0.2, -0.15) is 0 Å². The van der Waals surface area contributed by atoms with Crippen molar-refractivity contribution < 1.29 is 5.16 Å². The minimum Gasteiger partial charge on any atom is -0.626 e. The van der Waals surface area contributed by atoms with Gasteiger partial charge in [0.1, 0.15) is 6.21 Å². The van der Waals surface area contributed by atoms with Crippen molar-refractivity contribution in [3.63, 3.8) is 0 Å². The van der Waals surface area contributed by atoms with Crippen LogP contribution in [-0.4, -0.2) is 6.21 Å². The first-order valence-corrected chi connectivity index (χ1v) is 2.11. The summed E-state index contributed by atoms with van der Waals surface area (Å²) in [6.45, 7) is 2.02. The molecule has 0 amide bonds. The maximum atomic E-state index is 9.38. The number of unbranched alkanes of at least 4 members (excludes halogenated alkanes) is 1. The quantitative estimate of drug-likeness (QED) is 0.273. The zero-order valence-corrected chi connectivity index (χ0v) is 3.90. The van der Waals surface area contributed by atoms with E-state index in [1.165, 1.54) is 6.21 Å². The fourth-order valence-electron chi connectivity index (χ4n) is 0.203. The van der Waals surface area contributed by atoms with Gasteiger partial charge in [0, 0.05) is 6.42 Å².